The van der Waals surface area contributed by atoms with Gasteiger partial charge >= 0.3 is 0 Å². The predicted molar refractivity (Wildman–Crippen MR) is 139 cm³/mol. The van der Waals surface area contributed by atoms with E-state index in [0.29, 0.717) is 24.1 Å². The summed E-state index contributed by atoms with van der Waals surface area (Å²) in [6.45, 7) is 10.8. The fraction of sp³-hybridized carbons (Fsp3) is 0.308. The van der Waals surface area contributed by atoms with Gasteiger partial charge in [0.15, 0.2) is 11.5 Å². The van der Waals surface area contributed by atoms with Crippen LogP contribution >= 0.6 is 0 Å². The van der Waals surface area contributed by atoms with Crippen molar-refractivity contribution in [2.24, 2.45) is 4.99 Å². The van der Waals surface area contributed by atoms with E-state index in [1.165, 1.54) is 0 Å². The van der Waals surface area contributed by atoms with E-state index in [1.807, 2.05) is 49.9 Å². The molecule has 0 aliphatic carbocycles. The van der Waals surface area contributed by atoms with Crippen LogP contribution in [0.4, 0.5) is 5.82 Å². The highest BCUT2D eigenvalue weighted by Gasteiger charge is 2.19. The van der Waals surface area contributed by atoms with Crippen LogP contribution in [0.5, 0.6) is 0 Å². The largest absolute Gasteiger partial charge is 0.384 e. The predicted octanol–water partition coefficient (Wildman–Crippen LogP) is 3.64. The maximum atomic E-state index is 6.43. The quantitative estimate of drug-likeness (QED) is 0.605. The molecule has 0 unspecified atom stereocenters. The first-order valence-corrected chi connectivity index (χ1v) is 11.9. The van der Waals surface area contributed by atoms with E-state index in [0.717, 1.165) is 59.8 Å². The Morgan fingerprint density at radius 3 is 2.69 bits per heavy atom. The monoisotopic (exact) mass is 469 g/mol. The molecule has 2 aliphatic heterocycles. The molecule has 0 amide bonds. The van der Waals surface area contributed by atoms with Gasteiger partial charge in [-0.15, -0.1) is 0 Å². The standard InChI is InChI=1S/C26H31N9/c1-18(2)33-11-7-21(8-12-33)34-16-19(3)13-24(27)35-26(31-17-34)22(15-32-35)20-5-6-23(30-14-20)25-28-9-4-10-29-25/h4-6,9,13-17,21H,1,7-8,10-12,27H2,2-3H3,(H,28,29). The Morgan fingerprint density at radius 2 is 2.00 bits per heavy atom. The number of hydrogen-bond donors (Lipinski definition) is 2. The van der Waals surface area contributed by atoms with Crippen LogP contribution in [0.25, 0.3) is 16.8 Å². The number of anilines is 1. The molecule has 1 saturated heterocycles. The van der Waals surface area contributed by atoms with E-state index in [9.17, 15) is 0 Å². The average Bonchev–Trinajstić information content (AvgIpc) is 3.32. The summed E-state index contributed by atoms with van der Waals surface area (Å²) in [6.07, 6.45) is 13.6. The number of piperidine rings is 1. The van der Waals surface area contributed by atoms with Gasteiger partial charge in [-0.3, -0.25) is 9.98 Å². The fourth-order valence-electron chi connectivity index (χ4n) is 4.55. The number of aromatic nitrogens is 5. The van der Waals surface area contributed by atoms with Crippen LogP contribution in [0.1, 0.15) is 37.1 Å². The van der Waals surface area contributed by atoms with Gasteiger partial charge in [-0.25, -0.2) is 4.98 Å². The van der Waals surface area contributed by atoms with Crippen molar-refractivity contribution < 1.29 is 0 Å². The van der Waals surface area contributed by atoms with Crippen LogP contribution in [0.15, 0.2) is 72.7 Å². The molecule has 9 nitrogen and oxygen atoms in total. The van der Waals surface area contributed by atoms with Crippen molar-refractivity contribution in [3.05, 3.63) is 78.9 Å². The average molecular weight is 470 g/mol. The van der Waals surface area contributed by atoms with Crippen molar-refractivity contribution in [2.45, 2.75) is 32.7 Å². The molecule has 2 aliphatic rings. The highest BCUT2D eigenvalue weighted by Crippen LogP contribution is 2.26. The third kappa shape index (κ3) is 4.75. The molecule has 9 heteroatoms. The smallest absolute Gasteiger partial charge is 0.166 e. The lowest BCUT2D eigenvalue weighted by Gasteiger charge is -2.34. The molecule has 3 N–H and O–H groups in total. The van der Waals surface area contributed by atoms with E-state index in [-0.39, 0.29) is 0 Å². The molecule has 3 aromatic rings. The minimum atomic E-state index is 0.357. The molecule has 35 heavy (non-hydrogen) atoms. The summed E-state index contributed by atoms with van der Waals surface area (Å²) in [5.74, 6) is 1.29. The second-order valence-corrected chi connectivity index (χ2v) is 9.05. The van der Waals surface area contributed by atoms with Gasteiger partial charge in [0.05, 0.1) is 19.1 Å². The minimum absolute atomic E-state index is 0.357. The number of nitrogens with zero attached hydrogens (tertiary/aromatic N) is 7. The molecule has 180 valence electrons. The number of nitrogen functional groups attached to an aromatic ring is 1. The van der Waals surface area contributed by atoms with E-state index >= 15 is 0 Å². The Kier molecular flexibility index (Phi) is 6.22. The first kappa shape index (κ1) is 22.6. The van der Waals surface area contributed by atoms with Crippen molar-refractivity contribution >= 4 is 17.3 Å². The molecule has 0 saturated carbocycles. The number of rotatable bonds is 4. The van der Waals surface area contributed by atoms with Crippen LogP contribution in [0, 0.1) is 6.92 Å². The number of nitrogens with one attached hydrogen (secondary N) is 1. The fourth-order valence-corrected chi connectivity index (χ4v) is 4.55. The van der Waals surface area contributed by atoms with Crippen molar-refractivity contribution in [1.82, 2.24) is 34.4 Å². The van der Waals surface area contributed by atoms with E-state index in [4.69, 9.17) is 10.7 Å². The summed E-state index contributed by atoms with van der Waals surface area (Å²) in [5, 5.41) is 7.69. The summed E-state index contributed by atoms with van der Waals surface area (Å²) >= 11 is 0. The maximum Gasteiger partial charge on any atom is 0.166 e. The zero-order valence-electron chi connectivity index (χ0n) is 20.2. The molecular weight excluding hydrogens is 438 g/mol. The zero-order valence-corrected chi connectivity index (χ0v) is 20.2. The van der Waals surface area contributed by atoms with Crippen molar-refractivity contribution in [1.29, 1.82) is 0 Å². The second kappa shape index (κ2) is 9.61. The van der Waals surface area contributed by atoms with Gasteiger partial charge in [0.1, 0.15) is 11.5 Å². The van der Waals surface area contributed by atoms with Crippen molar-refractivity contribution in [2.75, 3.05) is 25.4 Å². The van der Waals surface area contributed by atoms with Gasteiger partial charge in [-0.2, -0.15) is 9.61 Å². The van der Waals surface area contributed by atoms with Gasteiger partial charge in [-0.05, 0) is 50.5 Å². The SMILES string of the molecule is C=C(C)N1CCC(n2cnc3c(-c4ccc(C5=NCC=CN5)nc4)cnn3c(N)cc(C)c2)CC1. The third-order valence-electron chi connectivity index (χ3n) is 6.47. The molecule has 5 rings (SSSR count). The molecule has 3 aromatic heterocycles. The Labute approximate surface area is 205 Å². The van der Waals surface area contributed by atoms with Crippen molar-refractivity contribution in [3.8, 4) is 11.1 Å². The molecule has 0 bridgehead atoms. The first-order valence-electron chi connectivity index (χ1n) is 11.9. The van der Waals surface area contributed by atoms with E-state index < -0.39 is 0 Å². The Balaban J connectivity index is 1.53. The Hall–Kier alpha value is -4.14. The van der Waals surface area contributed by atoms with Gasteiger partial charge in [0.2, 0.25) is 0 Å². The molecule has 0 atom stereocenters. The van der Waals surface area contributed by atoms with Gasteiger partial charge in [-0.1, -0.05) is 12.6 Å². The first-order chi connectivity index (χ1) is 17.0. The van der Waals surface area contributed by atoms with E-state index in [2.05, 4.69) is 49.6 Å². The van der Waals surface area contributed by atoms with Crippen molar-refractivity contribution in [3.63, 3.8) is 0 Å². The summed E-state index contributed by atoms with van der Waals surface area (Å²) in [5.41, 5.74) is 11.8. The summed E-state index contributed by atoms with van der Waals surface area (Å²) < 4.78 is 3.89. The Morgan fingerprint density at radius 1 is 1.17 bits per heavy atom. The van der Waals surface area contributed by atoms with Crippen LogP contribution in [0.2, 0.25) is 0 Å². The third-order valence-corrected chi connectivity index (χ3v) is 6.47. The number of hydrogen-bond acceptors (Lipinski definition) is 7. The van der Waals surface area contributed by atoms with Crippen LogP contribution in [0.3, 0.4) is 0 Å². The molecule has 0 spiro atoms. The lowest BCUT2D eigenvalue weighted by Crippen LogP contribution is -2.33. The number of nitrogens with two attached hydrogens (primary N) is 1. The number of pyridine rings is 1. The number of fused-ring (bicyclic) bond motifs is 1. The van der Waals surface area contributed by atoms with Gasteiger partial charge in [0.25, 0.3) is 0 Å². The molecule has 5 heterocycles. The molecule has 0 aromatic carbocycles. The summed E-state index contributed by atoms with van der Waals surface area (Å²) in [4.78, 5) is 16.3. The zero-order chi connectivity index (χ0) is 24.4. The van der Waals surface area contributed by atoms with Crippen LogP contribution in [-0.4, -0.2) is 54.5 Å². The maximum absolute atomic E-state index is 6.43. The Bertz CT molecular complexity index is 1350. The highest BCUT2D eigenvalue weighted by molar-refractivity contribution is 5.98. The lowest BCUT2D eigenvalue weighted by molar-refractivity contribution is 0.228. The summed E-state index contributed by atoms with van der Waals surface area (Å²) in [6, 6.07) is 6.26. The lowest BCUT2D eigenvalue weighted by atomic mass is 10.0. The number of likely N-dealkylation sites (tertiary alicyclic amines) is 1. The minimum Gasteiger partial charge on any atom is -0.384 e. The molecular formula is C26H31N9. The molecule has 0 radical (unpaired) electrons. The molecule has 1 fully saturated rings. The second-order valence-electron chi connectivity index (χ2n) is 9.05. The highest BCUT2D eigenvalue weighted by atomic mass is 15.3. The normalized spacial score (nSPS) is 16.1. The summed E-state index contributed by atoms with van der Waals surface area (Å²) in [7, 11) is 0. The van der Waals surface area contributed by atoms with Gasteiger partial charge < -0.3 is 20.5 Å². The van der Waals surface area contributed by atoms with Gasteiger partial charge in [0, 0.05) is 54.5 Å². The topological polar surface area (TPSA) is 102 Å². The van der Waals surface area contributed by atoms with E-state index in [1.54, 1.807) is 10.7 Å². The number of aryl methyl sites for hydroxylation is 1. The van der Waals surface area contributed by atoms with Crippen LogP contribution < -0.4 is 11.1 Å². The number of allylic oxidation sites excluding steroid dienone is 1. The van der Waals surface area contributed by atoms with Crippen LogP contribution in [-0.2, 0) is 0 Å². The number of amidine groups is 1. The number of aliphatic imine (C=N–C) groups is 1.